The molecule has 0 aliphatic rings. The molecule has 0 aliphatic carbocycles. The molecular weight excluding hydrogens is 240 g/mol. The maximum atomic E-state index is 9.42. The maximum Gasteiger partial charge on any atom is 0.0761 e. The standard InChI is InChI=1S/C16H26OS/c1-3-4-5-6-7-8-13-18-16-11-9-15(10-12-16)14(2)17/h9-12,14,17H,3-8,13H2,1-2H3. The molecule has 0 spiro atoms. The van der Waals surface area contributed by atoms with Gasteiger partial charge in [0.1, 0.15) is 0 Å². The molecule has 0 aliphatic heterocycles. The fourth-order valence-corrected chi connectivity index (χ4v) is 2.83. The van der Waals surface area contributed by atoms with E-state index in [1.807, 2.05) is 23.9 Å². The summed E-state index contributed by atoms with van der Waals surface area (Å²) in [7, 11) is 0. The zero-order chi connectivity index (χ0) is 13.2. The average molecular weight is 266 g/mol. The molecule has 1 unspecified atom stereocenters. The molecule has 0 saturated carbocycles. The minimum absolute atomic E-state index is 0.359. The monoisotopic (exact) mass is 266 g/mol. The van der Waals surface area contributed by atoms with Gasteiger partial charge in [0.2, 0.25) is 0 Å². The van der Waals surface area contributed by atoms with E-state index < -0.39 is 0 Å². The number of thioether (sulfide) groups is 1. The third kappa shape index (κ3) is 6.46. The van der Waals surface area contributed by atoms with E-state index in [-0.39, 0.29) is 6.10 Å². The molecule has 1 atom stereocenters. The average Bonchev–Trinajstić information content (AvgIpc) is 2.38. The lowest BCUT2D eigenvalue weighted by Gasteiger charge is -2.06. The Labute approximate surface area is 116 Å². The highest BCUT2D eigenvalue weighted by molar-refractivity contribution is 7.99. The molecule has 0 bridgehead atoms. The van der Waals surface area contributed by atoms with Crippen molar-refractivity contribution >= 4 is 11.8 Å². The van der Waals surface area contributed by atoms with Gasteiger partial charge in [0.25, 0.3) is 0 Å². The fourth-order valence-electron chi connectivity index (χ4n) is 1.91. The Balaban J connectivity index is 2.12. The molecule has 0 heterocycles. The fraction of sp³-hybridized carbons (Fsp3) is 0.625. The van der Waals surface area contributed by atoms with E-state index in [2.05, 4.69) is 19.1 Å². The summed E-state index contributed by atoms with van der Waals surface area (Å²) < 4.78 is 0. The number of aliphatic hydroxyl groups is 1. The van der Waals surface area contributed by atoms with Gasteiger partial charge in [-0.15, -0.1) is 11.8 Å². The van der Waals surface area contributed by atoms with Crippen LogP contribution in [-0.4, -0.2) is 10.9 Å². The third-order valence-electron chi connectivity index (χ3n) is 3.13. The molecule has 18 heavy (non-hydrogen) atoms. The smallest absolute Gasteiger partial charge is 0.0761 e. The van der Waals surface area contributed by atoms with Crippen LogP contribution in [0.3, 0.4) is 0 Å². The zero-order valence-electron chi connectivity index (χ0n) is 11.7. The number of rotatable bonds is 9. The van der Waals surface area contributed by atoms with Crippen LogP contribution in [0.5, 0.6) is 0 Å². The van der Waals surface area contributed by atoms with Gasteiger partial charge in [-0.1, -0.05) is 51.2 Å². The Kier molecular flexibility index (Phi) is 8.19. The second-order valence-corrected chi connectivity index (χ2v) is 6.03. The topological polar surface area (TPSA) is 20.2 Å². The van der Waals surface area contributed by atoms with Gasteiger partial charge in [-0.05, 0) is 36.8 Å². The molecule has 1 N–H and O–H groups in total. The van der Waals surface area contributed by atoms with E-state index >= 15 is 0 Å². The Bertz CT molecular complexity index is 305. The van der Waals surface area contributed by atoms with E-state index in [0.29, 0.717) is 0 Å². The van der Waals surface area contributed by atoms with Crippen molar-refractivity contribution in [3.8, 4) is 0 Å². The number of hydrogen-bond acceptors (Lipinski definition) is 2. The summed E-state index contributed by atoms with van der Waals surface area (Å²) in [6.07, 6.45) is 7.80. The Morgan fingerprint density at radius 1 is 1.00 bits per heavy atom. The van der Waals surface area contributed by atoms with Gasteiger partial charge in [-0.3, -0.25) is 0 Å². The van der Waals surface area contributed by atoms with Crippen LogP contribution >= 0.6 is 11.8 Å². The second kappa shape index (κ2) is 9.46. The van der Waals surface area contributed by atoms with Crippen LogP contribution in [0.25, 0.3) is 0 Å². The first-order valence-corrected chi connectivity index (χ1v) is 8.13. The van der Waals surface area contributed by atoms with Crippen molar-refractivity contribution in [3.05, 3.63) is 29.8 Å². The van der Waals surface area contributed by atoms with Gasteiger partial charge >= 0.3 is 0 Å². The lowest BCUT2D eigenvalue weighted by Crippen LogP contribution is -1.89. The Hall–Kier alpha value is -0.470. The number of unbranched alkanes of at least 4 members (excludes halogenated alkanes) is 5. The molecule has 1 nitrogen and oxygen atoms in total. The molecule has 0 fully saturated rings. The second-order valence-electron chi connectivity index (χ2n) is 4.86. The quantitative estimate of drug-likeness (QED) is 0.490. The molecule has 2 heteroatoms. The Morgan fingerprint density at radius 2 is 1.61 bits per heavy atom. The van der Waals surface area contributed by atoms with Crippen molar-refractivity contribution < 1.29 is 5.11 Å². The molecule has 1 aromatic rings. The number of aliphatic hydroxyl groups excluding tert-OH is 1. The summed E-state index contributed by atoms with van der Waals surface area (Å²) in [6, 6.07) is 8.27. The van der Waals surface area contributed by atoms with E-state index in [9.17, 15) is 5.11 Å². The van der Waals surface area contributed by atoms with E-state index in [4.69, 9.17) is 0 Å². The Morgan fingerprint density at radius 3 is 2.22 bits per heavy atom. The van der Waals surface area contributed by atoms with Crippen LogP contribution in [0.4, 0.5) is 0 Å². The molecule has 0 aromatic heterocycles. The largest absolute Gasteiger partial charge is 0.389 e. The van der Waals surface area contributed by atoms with Gasteiger partial charge in [0.15, 0.2) is 0 Å². The predicted molar refractivity (Wildman–Crippen MR) is 81.2 cm³/mol. The van der Waals surface area contributed by atoms with E-state index in [1.165, 1.54) is 49.2 Å². The SMILES string of the molecule is CCCCCCCCSc1ccc(C(C)O)cc1. The van der Waals surface area contributed by atoms with Crippen LogP contribution < -0.4 is 0 Å². The van der Waals surface area contributed by atoms with Crippen molar-refractivity contribution in [1.29, 1.82) is 0 Å². The predicted octanol–water partition coefficient (Wildman–Crippen LogP) is 5.19. The lowest BCUT2D eigenvalue weighted by molar-refractivity contribution is 0.199. The minimum atomic E-state index is -0.359. The van der Waals surface area contributed by atoms with Crippen LogP contribution in [0.15, 0.2) is 29.2 Å². The third-order valence-corrected chi connectivity index (χ3v) is 4.23. The van der Waals surface area contributed by atoms with Crippen LogP contribution in [0.1, 0.15) is 64.0 Å². The first-order chi connectivity index (χ1) is 8.74. The van der Waals surface area contributed by atoms with Gasteiger partial charge < -0.3 is 5.11 Å². The van der Waals surface area contributed by atoms with Gasteiger partial charge in [-0.2, -0.15) is 0 Å². The van der Waals surface area contributed by atoms with E-state index in [1.54, 1.807) is 6.92 Å². The maximum absolute atomic E-state index is 9.42. The summed E-state index contributed by atoms with van der Waals surface area (Å²) >= 11 is 1.92. The van der Waals surface area contributed by atoms with Gasteiger partial charge in [-0.25, -0.2) is 0 Å². The van der Waals surface area contributed by atoms with Crippen molar-refractivity contribution in [2.75, 3.05) is 5.75 Å². The molecular formula is C16H26OS. The molecule has 0 radical (unpaired) electrons. The summed E-state index contributed by atoms with van der Waals surface area (Å²) in [5.74, 6) is 1.21. The van der Waals surface area contributed by atoms with Crippen molar-refractivity contribution in [2.45, 2.75) is 63.4 Å². The first-order valence-electron chi connectivity index (χ1n) is 7.15. The van der Waals surface area contributed by atoms with Crippen molar-refractivity contribution in [3.63, 3.8) is 0 Å². The van der Waals surface area contributed by atoms with Crippen LogP contribution in [-0.2, 0) is 0 Å². The number of hydrogen-bond donors (Lipinski definition) is 1. The molecule has 1 rings (SSSR count). The highest BCUT2D eigenvalue weighted by atomic mass is 32.2. The molecule has 0 saturated heterocycles. The molecule has 1 aromatic carbocycles. The van der Waals surface area contributed by atoms with Gasteiger partial charge in [0.05, 0.1) is 6.10 Å². The van der Waals surface area contributed by atoms with Gasteiger partial charge in [0, 0.05) is 4.90 Å². The van der Waals surface area contributed by atoms with Crippen molar-refractivity contribution in [2.24, 2.45) is 0 Å². The van der Waals surface area contributed by atoms with Crippen LogP contribution in [0, 0.1) is 0 Å². The summed E-state index contributed by atoms with van der Waals surface area (Å²) in [6.45, 7) is 4.06. The lowest BCUT2D eigenvalue weighted by atomic mass is 10.1. The number of benzene rings is 1. The first kappa shape index (κ1) is 15.6. The zero-order valence-corrected chi connectivity index (χ0v) is 12.5. The summed E-state index contributed by atoms with van der Waals surface area (Å²) in [5.41, 5.74) is 0.999. The normalized spacial score (nSPS) is 12.6. The van der Waals surface area contributed by atoms with Crippen LogP contribution in [0.2, 0.25) is 0 Å². The highest BCUT2D eigenvalue weighted by Crippen LogP contribution is 2.22. The minimum Gasteiger partial charge on any atom is -0.389 e. The molecule has 102 valence electrons. The highest BCUT2D eigenvalue weighted by Gasteiger charge is 2.00. The molecule has 0 amide bonds. The summed E-state index contributed by atoms with van der Waals surface area (Å²) in [4.78, 5) is 1.31. The van der Waals surface area contributed by atoms with E-state index in [0.717, 1.165) is 5.56 Å². The van der Waals surface area contributed by atoms with Crippen molar-refractivity contribution in [1.82, 2.24) is 0 Å². The summed E-state index contributed by atoms with van der Waals surface area (Å²) in [5, 5.41) is 9.42.